The van der Waals surface area contributed by atoms with Crippen LogP contribution in [0.3, 0.4) is 0 Å². The molecule has 0 aliphatic heterocycles. The lowest BCUT2D eigenvalue weighted by molar-refractivity contribution is 0.403. The van der Waals surface area contributed by atoms with Gasteiger partial charge in [-0.05, 0) is 37.7 Å². The summed E-state index contributed by atoms with van der Waals surface area (Å²) in [4.78, 5) is 0. The van der Waals surface area contributed by atoms with Crippen molar-refractivity contribution >= 4 is 17.0 Å². The third-order valence-corrected chi connectivity index (χ3v) is 1.70. The molecule has 0 radical (unpaired) electrons. The van der Waals surface area contributed by atoms with E-state index in [2.05, 4.69) is 5.32 Å². The smallest absolute Gasteiger partial charge is 0.157 e. The normalized spacial score (nSPS) is 9.31. The third-order valence-electron chi connectivity index (χ3n) is 1.70. The average molecular weight is 248 g/mol. The molecule has 0 fully saturated rings. The fourth-order valence-electron chi connectivity index (χ4n) is 0.994. The predicted octanol–water partition coefficient (Wildman–Crippen LogP) is 1.44. The van der Waals surface area contributed by atoms with Crippen LogP contribution in [0.5, 0.6) is 11.5 Å². The van der Waals surface area contributed by atoms with Crippen molar-refractivity contribution < 1.29 is 10.2 Å². The van der Waals surface area contributed by atoms with Gasteiger partial charge in [0, 0.05) is 0 Å². The molecular formula is C9H14BrNO2. The van der Waals surface area contributed by atoms with Gasteiger partial charge in [-0.1, -0.05) is 6.07 Å². The summed E-state index contributed by atoms with van der Waals surface area (Å²) < 4.78 is 0. The van der Waals surface area contributed by atoms with Crippen LogP contribution in [0.1, 0.15) is 5.56 Å². The van der Waals surface area contributed by atoms with Crippen LogP contribution in [0, 0.1) is 0 Å². The van der Waals surface area contributed by atoms with Crippen molar-refractivity contribution in [2.75, 3.05) is 13.6 Å². The van der Waals surface area contributed by atoms with Crippen molar-refractivity contribution in [3.8, 4) is 11.5 Å². The van der Waals surface area contributed by atoms with Gasteiger partial charge >= 0.3 is 0 Å². The zero-order valence-electron chi connectivity index (χ0n) is 7.45. The van der Waals surface area contributed by atoms with Crippen LogP contribution in [-0.4, -0.2) is 23.8 Å². The van der Waals surface area contributed by atoms with E-state index in [0.29, 0.717) is 0 Å². The lowest BCUT2D eigenvalue weighted by Gasteiger charge is -2.02. The Balaban J connectivity index is 0.00000144. The highest BCUT2D eigenvalue weighted by Gasteiger charge is 1.99. The van der Waals surface area contributed by atoms with Gasteiger partial charge in [-0.3, -0.25) is 0 Å². The van der Waals surface area contributed by atoms with Crippen LogP contribution in [0.15, 0.2) is 18.2 Å². The second kappa shape index (κ2) is 5.83. The molecule has 0 unspecified atom stereocenters. The van der Waals surface area contributed by atoms with Gasteiger partial charge < -0.3 is 15.5 Å². The first kappa shape index (κ1) is 12.3. The summed E-state index contributed by atoms with van der Waals surface area (Å²) in [6, 6.07) is 4.87. The van der Waals surface area contributed by atoms with Gasteiger partial charge in [0.25, 0.3) is 0 Å². The van der Waals surface area contributed by atoms with Crippen LogP contribution >= 0.6 is 17.0 Å². The molecule has 74 valence electrons. The lowest BCUT2D eigenvalue weighted by atomic mass is 10.1. The molecule has 0 amide bonds. The van der Waals surface area contributed by atoms with Crippen molar-refractivity contribution in [1.29, 1.82) is 0 Å². The summed E-state index contributed by atoms with van der Waals surface area (Å²) in [5, 5.41) is 21.1. The number of likely N-dealkylation sites (N-methyl/N-ethyl adjacent to an activating group) is 1. The van der Waals surface area contributed by atoms with Crippen LogP contribution in [0.4, 0.5) is 0 Å². The summed E-state index contributed by atoms with van der Waals surface area (Å²) in [6.07, 6.45) is 0.852. The minimum Gasteiger partial charge on any atom is -0.504 e. The first-order valence-electron chi connectivity index (χ1n) is 3.89. The van der Waals surface area contributed by atoms with Crippen molar-refractivity contribution in [1.82, 2.24) is 5.32 Å². The molecule has 0 aliphatic rings. The second-order valence-electron chi connectivity index (χ2n) is 2.68. The minimum atomic E-state index is -0.0665. The summed E-state index contributed by atoms with van der Waals surface area (Å²) in [7, 11) is 1.88. The van der Waals surface area contributed by atoms with Crippen LogP contribution < -0.4 is 5.32 Å². The number of phenolic OH excluding ortho intramolecular Hbond substituents is 2. The van der Waals surface area contributed by atoms with Crippen molar-refractivity contribution in [3.63, 3.8) is 0 Å². The number of benzene rings is 1. The molecule has 1 aromatic rings. The number of rotatable bonds is 3. The summed E-state index contributed by atoms with van der Waals surface area (Å²) >= 11 is 0. The zero-order valence-corrected chi connectivity index (χ0v) is 9.16. The highest BCUT2D eigenvalue weighted by molar-refractivity contribution is 8.93. The SMILES string of the molecule is Br.CNCCc1ccc(O)c(O)c1. The number of nitrogens with one attached hydrogen (secondary N) is 1. The average Bonchev–Trinajstić information content (AvgIpc) is 2.07. The van der Waals surface area contributed by atoms with Gasteiger partial charge in [0.2, 0.25) is 0 Å². The molecule has 4 heteroatoms. The molecule has 0 atom stereocenters. The lowest BCUT2D eigenvalue weighted by Crippen LogP contribution is -2.09. The topological polar surface area (TPSA) is 52.5 Å². The Labute approximate surface area is 88.2 Å². The van der Waals surface area contributed by atoms with Crippen LogP contribution in [0.25, 0.3) is 0 Å². The third kappa shape index (κ3) is 3.65. The fraction of sp³-hybridized carbons (Fsp3) is 0.333. The summed E-state index contributed by atoms with van der Waals surface area (Å²) in [5.74, 6) is -0.119. The second-order valence-corrected chi connectivity index (χ2v) is 2.68. The first-order chi connectivity index (χ1) is 5.74. The molecule has 0 aliphatic carbocycles. The van der Waals surface area contributed by atoms with Crippen LogP contribution in [-0.2, 0) is 6.42 Å². The predicted molar refractivity (Wildman–Crippen MR) is 57.7 cm³/mol. The number of phenols is 2. The molecule has 0 saturated carbocycles. The van der Waals surface area contributed by atoms with E-state index < -0.39 is 0 Å². The zero-order chi connectivity index (χ0) is 8.97. The van der Waals surface area contributed by atoms with Crippen molar-refractivity contribution in [2.24, 2.45) is 0 Å². The highest BCUT2D eigenvalue weighted by Crippen LogP contribution is 2.24. The maximum absolute atomic E-state index is 9.13. The minimum absolute atomic E-state index is 0. The Morgan fingerprint density at radius 2 is 1.92 bits per heavy atom. The van der Waals surface area contributed by atoms with E-state index in [1.54, 1.807) is 12.1 Å². The largest absolute Gasteiger partial charge is 0.504 e. The monoisotopic (exact) mass is 247 g/mol. The molecule has 13 heavy (non-hydrogen) atoms. The van der Waals surface area contributed by atoms with Crippen molar-refractivity contribution in [3.05, 3.63) is 23.8 Å². The molecule has 3 nitrogen and oxygen atoms in total. The van der Waals surface area contributed by atoms with Gasteiger partial charge in [-0.15, -0.1) is 17.0 Å². The summed E-state index contributed by atoms with van der Waals surface area (Å²) in [5.41, 5.74) is 1.01. The van der Waals surface area contributed by atoms with E-state index >= 15 is 0 Å². The molecule has 1 aromatic carbocycles. The Kier molecular flexibility index (Phi) is 5.50. The quantitative estimate of drug-likeness (QED) is 0.709. The van der Waals surface area contributed by atoms with Crippen molar-refractivity contribution in [2.45, 2.75) is 6.42 Å². The van der Waals surface area contributed by atoms with E-state index in [1.807, 2.05) is 7.05 Å². The molecule has 0 heterocycles. The number of hydrogen-bond donors (Lipinski definition) is 3. The Bertz CT molecular complexity index is 266. The van der Waals surface area contributed by atoms with E-state index in [-0.39, 0.29) is 28.5 Å². The Morgan fingerprint density at radius 3 is 2.46 bits per heavy atom. The Morgan fingerprint density at radius 1 is 1.23 bits per heavy atom. The van der Waals surface area contributed by atoms with Gasteiger partial charge in [0.15, 0.2) is 11.5 Å². The van der Waals surface area contributed by atoms with Gasteiger partial charge in [0.05, 0.1) is 0 Å². The van der Waals surface area contributed by atoms with E-state index in [9.17, 15) is 0 Å². The van der Waals surface area contributed by atoms with Gasteiger partial charge in [-0.2, -0.15) is 0 Å². The van der Waals surface area contributed by atoms with E-state index in [4.69, 9.17) is 10.2 Å². The molecule has 0 saturated heterocycles. The molecule has 3 N–H and O–H groups in total. The molecule has 0 spiro atoms. The van der Waals surface area contributed by atoms with E-state index in [1.165, 1.54) is 6.07 Å². The first-order valence-corrected chi connectivity index (χ1v) is 3.89. The summed E-state index contributed by atoms with van der Waals surface area (Å²) in [6.45, 7) is 0.865. The molecule has 1 rings (SSSR count). The highest BCUT2D eigenvalue weighted by atomic mass is 79.9. The van der Waals surface area contributed by atoms with E-state index in [0.717, 1.165) is 18.5 Å². The number of halogens is 1. The molecule has 0 aromatic heterocycles. The van der Waals surface area contributed by atoms with Gasteiger partial charge in [0.1, 0.15) is 0 Å². The standard InChI is InChI=1S/C9H13NO2.BrH/c1-10-5-4-7-2-3-8(11)9(12)6-7;/h2-3,6,10-12H,4-5H2,1H3;1H. The number of hydrogen-bond acceptors (Lipinski definition) is 3. The maximum atomic E-state index is 9.13. The maximum Gasteiger partial charge on any atom is 0.157 e. The Hall–Kier alpha value is -0.740. The van der Waals surface area contributed by atoms with Crippen LogP contribution in [0.2, 0.25) is 0 Å². The fourth-order valence-corrected chi connectivity index (χ4v) is 0.994. The molecule has 0 bridgehead atoms. The number of aromatic hydroxyl groups is 2. The van der Waals surface area contributed by atoms with Gasteiger partial charge in [-0.25, -0.2) is 0 Å². The molecular weight excluding hydrogens is 234 g/mol.